The molecule has 0 spiro atoms. The third-order valence-corrected chi connectivity index (χ3v) is 5.19. The number of furan rings is 1. The number of carbonyl (C=O) groups is 3. The van der Waals surface area contributed by atoms with Crippen LogP contribution in [0.15, 0.2) is 40.0 Å². The van der Waals surface area contributed by atoms with Gasteiger partial charge in [0.25, 0.3) is 17.1 Å². The Labute approximate surface area is 164 Å². The summed E-state index contributed by atoms with van der Waals surface area (Å²) in [5.41, 5.74) is 0.546. The van der Waals surface area contributed by atoms with E-state index in [1.54, 1.807) is 35.4 Å². The van der Waals surface area contributed by atoms with Crippen LogP contribution in [0, 0.1) is 0 Å². The standard InChI is InChI=1S/C18H17N5O4S/c24-15-14(28-18(26)21-15)11-12-4-5-19-17(20-12)23-7-2-6-22(8-9-23)16(25)13-3-1-10-27-13/h1,3-5,10-11H,2,6-9H2,(H,21,24,26)/b14-11-. The molecule has 0 atom stereocenters. The predicted molar refractivity (Wildman–Crippen MR) is 103 cm³/mol. The van der Waals surface area contributed by atoms with Crippen molar-refractivity contribution in [2.45, 2.75) is 6.42 Å². The highest BCUT2D eigenvalue weighted by Crippen LogP contribution is 2.25. The first-order valence-electron chi connectivity index (χ1n) is 8.76. The first-order chi connectivity index (χ1) is 13.6. The van der Waals surface area contributed by atoms with Crippen LogP contribution < -0.4 is 10.2 Å². The largest absolute Gasteiger partial charge is 0.459 e. The van der Waals surface area contributed by atoms with Crippen LogP contribution in [0.25, 0.3) is 6.08 Å². The fourth-order valence-electron chi connectivity index (χ4n) is 3.03. The number of amides is 3. The minimum Gasteiger partial charge on any atom is -0.459 e. The predicted octanol–water partition coefficient (Wildman–Crippen LogP) is 1.75. The van der Waals surface area contributed by atoms with E-state index in [0.717, 1.165) is 18.2 Å². The molecule has 0 aliphatic carbocycles. The van der Waals surface area contributed by atoms with E-state index in [1.165, 1.54) is 6.26 Å². The molecule has 2 aromatic heterocycles. The first-order valence-corrected chi connectivity index (χ1v) is 9.57. The number of nitrogens with one attached hydrogen (secondary N) is 1. The molecule has 28 heavy (non-hydrogen) atoms. The number of imide groups is 1. The van der Waals surface area contributed by atoms with Crippen LogP contribution in [-0.4, -0.2) is 58.1 Å². The quantitative estimate of drug-likeness (QED) is 0.778. The van der Waals surface area contributed by atoms with Gasteiger partial charge in [0.2, 0.25) is 5.95 Å². The molecule has 1 N–H and O–H groups in total. The third-order valence-electron chi connectivity index (χ3n) is 4.38. The molecule has 4 rings (SSSR count). The van der Waals surface area contributed by atoms with Gasteiger partial charge >= 0.3 is 0 Å². The van der Waals surface area contributed by atoms with Crippen molar-refractivity contribution in [3.63, 3.8) is 0 Å². The smallest absolute Gasteiger partial charge is 0.290 e. The molecule has 0 radical (unpaired) electrons. The molecule has 144 valence electrons. The second-order valence-corrected chi connectivity index (χ2v) is 7.26. The number of hydrogen-bond acceptors (Lipinski definition) is 8. The highest BCUT2D eigenvalue weighted by atomic mass is 32.2. The number of thioether (sulfide) groups is 1. The fraction of sp³-hybridized carbons (Fsp3) is 0.278. The van der Waals surface area contributed by atoms with Crippen LogP contribution >= 0.6 is 11.8 Å². The third kappa shape index (κ3) is 3.91. The van der Waals surface area contributed by atoms with Gasteiger partial charge in [0.15, 0.2) is 5.76 Å². The Balaban J connectivity index is 1.46. The average Bonchev–Trinajstić information content (AvgIpc) is 3.24. The molecule has 10 heteroatoms. The van der Waals surface area contributed by atoms with E-state index in [2.05, 4.69) is 15.3 Å². The molecule has 9 nitrogen and oxygen atoms in total. The van der Waals surface area contributed by atoms with Crippen LogP contribution in [0.5, 0.6) is 0 Å². The number of anilines is 1. The number of carbonyl (C=O) groups excluding carboxylic acids is 3. The van der Waals surface area contributed by atoms with E-state index >= 15 is 0 Å². The lowest BCUT2D eigenvalue weighted by molar-refractivity contribution is -0.115. The van der Waals surface area contributed by atoms with E-state index in [0.29, 0.717) is 48.5 Å². The van der Waals surface area contributed by atoms with Gasteiger partial charge in [-0.1, -0.05) is 0 Å². The average molecular weight is 399 g/mol. The molecule has 2 fully saturated rings. The number of hydrogen-bond donors (Lipinski definition) is 1. The van der Waals surface area contributed by atoms with Gasteiger partial charge in [0.1, 0.15) is 0 Å². The van der Waals surface area contributed by atoms with Crippen molar-refractivity contribution in [2.75, 3.05) is 31.1 Å². The Hall–Kier alpha value is -3.14. The molecule has 0 bridgehead atoms. The van der Waals surface area contributed by atoms with Gasteiger partial charge in [-0.15, -0.1) is 0 Å². The molecule has 2 saturated heterocycles. The van der Waals surface area contributed by atoms with Gasteiger partial charge < -0.3 is 14.2 Å². The zero-order chi connectivity index (χ0) is 19.5. The maximum absolute atomic E-state index is 12.5. The molecule has 0 saturated carbocycles. The maximum Gasteiger partial charge on any atom is 0.290 e. The minimum absolute atomic E-state index is 0.125. The van der Waals surface area contributed by atoms with Crippen molar-refractivity contribution < 1.29 is 18.8 Å². The van der Waals surface area contributed by atoms with Crippen LogP contribution in [0.1, 0.15) is 22.7 Å². The molecule has 2 aromatic rings. The first kappa shape index (κ1) is 18.2. The summed E-state index contributed by atoms with van der Waals surface area (Å²) in [5.74, 6) is 0.314. The zero-order valence-electron chi connectivity index (χ0n) is 14.8. The number of rotatable bonds is 3. The SMILES string of the molecule is O=C1NC(=O)/C(=C/c2ccnc(N3CCCN(C(=O)c4ccco4)CC3)n2)S1. The normalized spacial score (nSPS) is 19.1. The zero-order valence-corrected chi connectivity index (χ0v) is 15.6. The van der Waals surface area contributed by atoms with E-state index in [4.69, 9.17) is 4.42 Å². The van der Waals surface area contributed by atoms with Crippen molar-refractivity contribution in [1.82, 2.24) is 20.2 Å². The molecular formula is C18H17N5O4S. The Morgan fingerprint density at radius 3 is 2.86 bits per heavy atom. The molecule has 4 heterocycles. The molecule has 2 aliphatic heterocycles. The summed E-state index contributed by atoms with van der Waals surface area (Å²) in [4.78, 5) is 48.3. The van der Waals surface area contributed by atoms with E-state index in [1.807, 2.05) is 4.90 Å². The second-order valence-electron chi connectivity index (χ2n) is 6.24. The Kier molecular flexibility index (Phi) is 5.11. The molecule has 0 aromatic carbocycles. The fourth-order valence-corrected chi connectivity index (χ4v) is 3.69. The summed E-state index contributed by atoms with van der Waals surface area (Å²) in [6.45, 7) is 2.44. The Morgan fingerprint density at radius 2 is 2.11 bits per heavy atom. The summed E-state index contributed by atoms with van der Waals surface area (Å²) in [7, 11) is 0. The topological polar surface area (TPSA) is 109 Å². The van der Waals surface area contributed by atoms with Crippen molar-refractivity contribution in [2.24, 2.45) is 0 Å². The highest BCUT2D eigenvalue weighted by Gasteiger charge is 2.26. The van der Waals surface area contributed by atoms with Crippen LogP contribution in [0.4, 0.5) is 10.7 Å². The molecule has 3 amide bonds. The lowest BCUT2D eigenvalue weighted by Crippen LogP contribution is -2.35. The summed E-state index contributed by atoms with van der Waals surface area (Å²) < 4.78 is 5.20. The lowest BCUT2D eigenvalue weighted by atomic mass is 10.3. The van der Waals surface area contributed by atoms with Gasteiger partial charge in [0, 0.05) is 32.4 Å². The van der Waals surface area contributed by atoms with Crippen LogP contribution in [0.3, 0.4) is 0 Å². The van der Waals surface area contributed by atoms with Gasteiger partial charge in [-0.3, -0.25) is 19.7 Å². The van der Waals surface area contributed by atoms with E-state index in [-0.39, 0.29) is 11.1 Å². The monoisotopic (exact) mass is 399 g/mol. The summed E-state index contributed by atoms with van der Waals surface area (Å²) in [6, 6.07) is 5.03. The van der Waals surface area contributed by atoms with Crippen molar-refractivity contribution in [3.05, 3.63) is 47.0 Å². The maximum atomic E-state index is 12.5. The van der Waals surface area contributed by atoms with Crippen molar-refractivity contribution in [1.29, 1.82) is 0 Å². The van der Waals surface area contributed by atoms with Gasteiger partial charge in [-0.25, -0.2) is 9.97 Å². The van der Waals surface area contributed by atoms with Gasteiger partial charge in [0.05, 0.1) is 16.9 Å². The van der Waals surface area contributed by atoms with E-state index < -0.39 is 5.91 Å². The summed E-state index contributed by atoms with van der Waals surface area (Å²) >= 11 is 0.850. The molecular weight excluding hydrogens is 382 g/mol. The highest BCUT2D eigenvalue weighted by molar-refractivity contribution is 8.18. The summed E-state index contributed by atoms with van der Waals surface area (Å²) in [6.07, 6.45) is 5.45. The number of nitrogens with zero attached hydrogens (tertiary/aromatic N) is 4. The minimum atomic E-state index is -0.419. The lowest BCUT2D eigenvalue weighted by Gasteiger charge is -2.21. The molecule has 2 aliphatic rings. The van der Waals surface area contributed by atoms with Crippen LogP contribution in [-0.2, 0) is 4.79 Å². The van der Waals surface area contributed by atoms with Gasteiger partial charge in [-0.2, -0.15) is 0 Å². The van der Waals surface area contributed by atoms with Crippen LogP contribution in [0.2, 0.25) is 0 Å². The molecule has 0 unspecified atom stereocenters. The Morgan fingerprint density at radius 1 is 1.21 bits per heavy atom. The number of aromatic nitrogens is 2. The van der Waals surface area contributed by atoms with Crippen molar-refractivity contribution >= 4 is 40.8 Å². The Bertz CT molecular complexity index is 943. The van der Waals surface area contributed by atoms with Gasteiger partial charge in [-0.05, 0) is 42.5 Å². The summed E-state index contributed by atoms with van der Waals surface area (Å²) in [5, 5.41) is 1.83. The van der Waals surface area contributed by atoms with E-state index in [9.17, 15) is 14.4 Å². The second kappa shape index (κ2) is 7.85. The van der Waals surface area contributed by atoms with Crippen molar-refractivity contribution in [3.8, 4) is 0 Å².